The number of aryl methyl sites for hydroxylation is 1. The Kier molecular flexibility index (Phi) is 5.12. The number of hydrogen-bond acceptors (Lipinski definition) is 6. The zero-order valence-corrected chi connectivity index (χ0v) is 16.3. The molecule has 0 aromatic heterocycles. The van der Waals surface area contributed by atoms with Gasteiger partial charge < -0.3 is 4.74 Å². The molecule has 7 heteroatoms. The van der Waals surface area contributed by atoms with Crippen LogP contribution < -0.4 is 5.32 Å². The maximum absolute atomic E-state index is 12.9. The van der Waals surface area contributed by atoms with Gasteiger partial charge in [0, 0.05) is 13.1 Å². The zero-order valence-electron chi connectivity index (χ0n) is 15.4. The molecular formula is C19H24N2O4S. The number of nitrogens with zero attached hydrogens (tertiary/aromatic N) is 1. The highest BCUT2D eigenvalue weighted by Crippen LogP contribution is 2.50. The summed E-state index contributed by atoms with van der Waals surface area (Å²) >= 11 is 1.59. The first kappa shape index (κ1) is 18.9. The van der Waals surface area contributed by atoms with Gasteiger partial charge in [-0.2, -0.15) is 11.8 Å². The van der Waals surface area contributed by atoms with Crippen LogP contribution >= 0.6 is 11.8 Å². The molecular weight excluding hydrogens is 352 g/mol. The second kappa shape index (κ2) is 7.04. The van der Waals surface area contributed by atoms with Crippen LogP contribution in [0.25, 0.3) is 0 Å². The van der Waals surface area contributed by atoms with Crippen molar-refractivity contribution in [1.82, 2.24) is 10.2 Å². The summed E-state index contributed by atoms with van der Waals surface area (Å²) in [6, 6.07) is 7.35. The third-order valence-corrected chi connectivity index (χ3v) is 6.26. The highest BCUT2D eigenvalue weighted by molar-refractivity contribution is 7.98. The van der Waals surface area contributed by atoms with Crippen LogP contribution in [0.2, 0.25) is 0 Å². The highest BCUT2D eigenvalue weighted by Gasteiger charge is 2.67. The number of rotatable bonds is 5. The van der Waals surface area contributed by atoms with Gasteiger partial charge >= 0.3 is 5.97 Å². The van der Waals surface area contributed by atoms with E-state index in [9.17, 15) is 14.4 Å². The third-order valence-electron chi connectivity index (χ3n) is 5.65. The number of esters is 1. The number of imide groups is 1. The summed E-state index contributed by atoms with van der Waals surface area (Å²) in [5.74, 6) is -1.70. The molecule has 1 N–H and O–H groups in total. The summed E-state index contributed by atoms with van der Waals surface area (Å²) in [6.45, 7) is 1.97. The van der Waals surface area contributed by atoms with Crippen LogP contribution in [-0.4, -0.2) is 54.4 Å². The van der Waals surface area contributed by atoms with E-state index in [-0.39, 0.29) is 11.8 Å². The average molecular weight is 376 g/mol. The maximum atomic E-state index is 12.9. The first-order valence-electron chi connectivity index (χ1n) is 8.61. The molecule has 0 unspecified atom stereocenters. The highest BCUT2D eigenvalue weighted by atomic mass is 32.2. The molecule has 1 aromatic carbocycles. The molecule has 1 aromatic rings. The van der Waals surface area contributed by atoms with Crippen LogP contribution in [0, 0.1) is 18.8 Å². The van der Waals surface area contributed by atoms with Crippen molar-refractivity contribution in [3.05, 3.63) is 35.4 Å². The van der Waals surface area contributed by atoms with Crippen molar-refractivity contribution in [2.75, 3.05) is 26.2 Å². The molecule has 0 radical (unpaired) electrons. The summed E-state index contributed by atoms with van der Waals surface area (Å²) < 4.78 is 5.08. The van der Waals surface area contributed by atoms with Gasteiger partial charge in [0.1, 0.15) is 5.54 Å². The molecule has 0 spiro atoms. The van der Waals surface area contributed by atoms with Gasteiger partial charge in [-0.05, 0) is 36.5 Å². The number of likely N-dealkylation sites (tertiary alicyclic amines) is 1. The molecule has 140 valence electrons. The summed E-state index contributed by atoms with van der Waals surface area (Å²) in [6.07, 6.45) is 2.38. The number of benzene rings is 1. The largest absolute Gasteiger partial charge is 0.468 e. The van der Waals surface area contributed by atoms with Gasteiger partial charge in [-0.25, -0.2) is 0 Å². The molecule has 26 heavy (non-hydrogen) atoms. The van der Waals surface area contributed by atoms with Crippen molar-refractivity contribution in [2.45, 2.75) is 24.9 Å². The van der Waals surface area contributed by atoms with Crippen LogP contribution in [0.5, 0.6) is 0 Å². The smallest absolute Gasteiger partial charge is 0.326 e. The van der Waals surface area contributed by atoms with Crippen LogP contribution in [0.4, 0.5) is 0 Å². The van der Waals surface area contributed by atoms with Crippen LogP contribution in [0.3, 0.4) is 0 Å². The first-order valence-corrected chi connectivity index (χ1v) is 10.0. The predicted molar refractivity (Wildman–Crippen MR) is 99.6 cm³/mol. The van der Waals surface area contributed by atoms with Crippen LogP contribution in [-0.2, 0) is 19.1 Å². The van der Waals surface area contributed by atoms with Gasteiger partial charge in [-0.15, -0.1) is 0 Å². The molecule has 2 aliphatic rings. The van der Waals surface area contributed by atoms with E-state index in [1.807, 2.05) is 37.4 Å². The van der Waals surface area contributed by atoms with Crippen molar-refractivity contribution < 1.29 is 19.1 Å². The molecule has 0 bridgehead atoms. The van der Waals surface area contributed by atoms with E-state index in [4.69, 9.17) is 4.74 Å². The minimum Gasteiger partial charge on any atom is -0.468 e. The van der Waals surface area contributed by atoms with Gasteiger partial charge in [0.2, 0.25) is 11.8 Å². The van der Waals surface area contributed by atoms with Gasteiger partial charge in [-0.3, -0.25) is 24.6 Å². The lowest BCUT2D eigenvalue weighted by Gasteiger charge is -2.32. The van der Waals surface area contributed by atoms with Crippen molar-refractivity contribution in [3.8, 4) is 0 Å². The van der Waals surface area contributed by atoms with Gasteiger partial charge in [-0.1, -0.05) is 24.3 Å². The third kappa shape index (κ3) is 2.65. The van der Waals surface area contributed by atoms with Crippen molar-refractivity contribution in [3.63, 3.8) is 0 Å². The molecule has 0 saturated carbocycles. The number of carbonyl (C=O) groups excluding carboxylic acids is 3. The summed E-state index contributed by atoms with van der Waals surface area (Å²) in [5.41, 5.74) is 0.769. The number of carbonyl (C=O) groups is 3. The topological polar surface area (TPSA) is 75.7 Å². The lowest BCUT2D eigenvalue weighted by Crippen LogP contribution is -2.56. The van der Waals surface area contributed by atoms with E-state index in [1.165, 1.54) is 14.2 Å². The fraction of sp³-hybridized carbons (Fsp3) is 0.526. The monoisotopic (exact) mass is 376 g/mol. The fourth-order valence-corrected chi connectivity index (χ4v) is 4.84. The summed E-state index contributed by atoms with van der Waals surface area (Å²) in [5, 5.41) is 3.37. The summed E-state index contributed by atoms with van der Waals surface area (Å²) in [4.78, 5) is 39.8. The first-order chi connectivity index (χ1) is 12.4. The van der Waals surface area contributed by atoms with Crippen LogP contribution in [0.1, 0.15) is 23.6 Å². The van der Waals surface area contributed by atoms with Gasteiger partial charge in [0.15, 0.2) is 0 Å². The Morgan fingerprint density at radius 3 is 2.62 bits per heavy atom. The van der Waals surface area contributed by atoms with Crippen LogP contribution in [0.15, 0.2) is 24.3 Å². The number of hydrogen-bond donors (Lipinski definition) is 1. The molecule has 2 heterocycles. The number of thioether (sulfide) groups is 1. The minimum atomic E-state index is -1.19. The molecule has 2 aliphatic heterocycles. The molecule has 2 amide bonds. The fourth-order valence-electron chi connectivity index (χ4n) is 4.31. The molecule has 4 atom stereocenters. The Labute approximate surface area is 157 Å². The lowest BCUT2D eigenvalue weighted by molar-refractivity contribution is -0.154. The van der Waals surface area contributed by atoms with E-state index >= 15 is 0 Å². The Morgan fingerprint density at radius 2 is 2.00 bits per heavy atom. The number of fused-ring (bicyclic) bond motifs is 1. The second-order valence-corrected chi connectivity index (χ2v) is 7.91. The van der Waals surface area contributed by atoms with Gasteiger partial charge in [0.05, 0.1) is 18.9 Å². The Hall–Kier alpha value is -1.86. The molecule has 3 rings (SSSR count). The lowest BCUT2D eigenvalue weighted by atomic mass is 9.77. The molecule has 6 nitrogen and oxygen atoms in total. The number of amides is 2. The van der Waals surface area contributed by atoms with E-state index < -0.39 is 29.4 Å². The molecule has 2 saturated heterocycles. The normalized spacial score (nSPS) is 30.6. The Bertz CT molecular complexity index is 753. The molecule has 2 fully saturated rings. The van der Waals surface area contributed by atoms with E-state index in [0.717, 1.165) is 16.0 Å². The quantitative estimate of drug-likeness (QED) is 0.621. The average Bonchev–Trinajstić information content (AvgIpc) is 3.10. The minimum absolute atomic E-state index is 0.240. The van der Waals surface area contributed by atoms with Crippen molar-refractivity contribution in [2.24, 2.45) is 11.8 Å². The Morgan fingerprint density at radius 1 is 1.31 bits per heavy atom. The number of ether oxygens (including phenoxy) is 1. The molecule has 0 aliphatic carbocycles. The van der Waals surface area contributed by atoms with Crippen molar-refractivity contribution >= 4 is 29.5 Å². The number of methoxy groups -OCH3 is 1. The SMILES string of the molecule is COC(=O)[C@]1(CCSC)N[C@H](c2ccccc2C)[C@@H]2C(=O)N(C)C(=O)[C@H]21. The van der Waals surface area contributed by atoms with E-state index in [2.05, 4.69) is 5.32 Å². The zero-order chi connectivity index (χ0) is 19.1. The predicted octanol–water partition coefficient (Wildman–Crippen LogP) is 1.54. The van der Waals surface area contributed by atoms with E-state index in [1.54, 1.807) is 11.8 Å². The maximum Gasteiger partial charge on any atom is 0.326 e. The van der Waals surface area contributed by atoms with Gasteiger partial charge in [0.25, 0.3) is 0 Å². The Balaban J connectivity index is 2.15. The second-order valence-electron chi connectivity index (χ2n) is 6.92. The standard InChI is InChI=1S/C19H24N2O4S/c1-11-7-5-6-8-12(11)15-13-14(17(23)21(2)16(13)22)19(20-15,9-10-26-4)18(24)25-3/h5-8,13-15,20H,9-10H2,1-4H3/t13-,14+,15-,19-/m1/s1. The van der Waals surface area contributed by atoms with E-state index in [0.29, 0.717) is 12.2 Å². The van der Waals surface area contributed by atoms with Crippen molar-refractivity contribution in [1.29, 1.82) is 0 Å². The number of nitrogens with one attached hydrogen (secondary N) is 1. The summed E-state index contributed by atoms with van der Waals surface area (Å²) in [7, 11) is 2.82.